The second kappa shape index (κ2) is 7.78. The highest BCUT2D eigenvalue weighted by Crippen LogP contribution is 2.48. The Morgan fingerprint density at radius 1 is 0.806 bits per heavy atom. The molecule has 4 N–H and O–H groups in total. The lowest BCUT2D eigenvalue weighted by Crippen LogP contribution is -2.22. The van der Waals surface area contributed by atoms with Crippen LogP contribution in [0.25, 0.3) is 33.1 Å². The monoisotopic (exact) mass is 482 g/mol. The second-order valence-corrected chi connectivity index (χ2v) is 8.62. The average Bonchev–Trinajstić information content (AvgIpc) is 2.86. The molecule has 8 nitrogen and oxygen atoms in total. The maximum atomic E-state index is 13.2. The van der Waals surface area contributed by atoms with E-state index in [0.29, 0.717) is 5.56 Å². The van der Waals surface area contributed by atoms with E-state index in [-0.39, 0.29) is 40.2 Å². The van der Waals surface area contributed by atoms with E-state index in [4.69, 9.17) is 9.15 Å². The lowest BCUT2D eigenvalue weighted by molar-refractivity contribution is -0.135. The van der Waals surface area contributed by atoms with Crippen molar-refractivity contribution in [1.29, 1.82) is 0 Å². The van der Waals surface area contributed by atoms with E-state index in [0.717, 1.165) is 22.4 Å². The number of phenols is 3. The fourth-order valence-corrected chi connectivity index (χ4v) is 4.86. The normalized spacial score (nSPS) is 15.1. The molecule has 1 aliphatic rings. The van der Waals surface area contributed by atoms with Gasteiger partial charge in [0.25, 0.3) is 0 Å². The largest absolute Gasteiger partial charge is 0.507 e. The average molecular weight is 482 g/mol. The molecule has 8 heteroatoms. The van der Waals surface area contributed by atoms with Crippen molar-refractivity contribution >= 4 is 27.7 Å². The van der Waals surface area contributed by atoms with Crippen LogP contribution in [0.15, 0.2) is 75.9 Å². The third-order valence-electron chi connectivity index (χ3n) is 6.50. The van der Waals surface area contributed by atoms with Gasteiger partial charge in [-0.05, 0) is 34.5 Å². The molecule has 0 saturated heterocycles. The van der Waals surface area contributed by atoms with Crippen LogP contribution in [-0.2, 0) is 4.79 Å². The van der Waals surface area contributed by atoms with Gasteiger partial charge in [-0.1, -0.05) is 42.5 Å². The molecule has 2 heterocycles. The minimum atomic E-state index is -0.896. The summed E-state index contributed by atoms with van der Waals surface area (Å²) in [6.45, 7) is 0. The first-order chi connectivity index (χ1) is 17.3. The third-order valence-corrected chi connectivity index (χ3v) is 6.50. The fraction of sp³-hybridized carbons (Fsp3) is 0.0714. The zero-order chi connectivity index (χ0) is 25.1. The Balaban J connectivity index is 1.71. The maximum Gasteiger partial charge on any atom is 0.312 e. The highest BCUT2D eigenvalue weighted by Gasteiger charge is 2.35. The summed E-state index contributed by atoms with van der Waals surface area (Å²) in [5.74, 6) is -3.48. The van der Waals surface area contributed by atoms with Gasteiger partial charge in [0.05, 0.1) is 6.42 Å². The number of carbonyl (C=O) groups excluding carboxylic acids is 1. The quantitative estimate of drug-likeness (QED) is 0.159. The first kappa shape index (κ1) is 21.5. The van der Waals surface area contributed by atoms with Crippen LogP contribution in [0, 0.1) is 0 Å². The van der Waals surface area contributed by atoms with Gasteiger partial charge in [0.15, 0.2) is 17.3 Å². The summed E-state index contributed by atoms with van der Waals surface area (Å²) in [6, 6.07) is 18.2. The molecule has 0 saturated carbocycles. The summed E-state index contributed by atoms with van der Waals surface area (Å²) >= 11 is 0. The van der Waals surface area contributed by atoms with Gasteiger partial charge in [0.1, 0.15) is 22.5 Å². The van der Waals surface area contributed by atoms with Crippen molar-refractivity contribution in [3.05, 3.63) is 88.1 Å². The number of aromatic hydroxyl groups is 4. The molecule has 0 fully saturated rings. The zero-order valence-electron chi connectivity index (χ0n) is 18.6. The van der Waals surface area contributed by atoms with Gasteiger partial charge in [-0.15, -0.1) is 0 Å². The molecule has 0 radical (unpaired) electrons. The smallest absolute Gasteiger partial charge is 0.312 e. The first-order valence-electron chi connectivity index (χ1n) is 11.1. The van der Waals surface area contributed by atoms with Crippen molar-refractivity contribution in [2.75, 3.05) is 0 Å². The van der Waals surface area contributed by atoms with Crippen LogP contribution in [0.5, 0.6) is 28.7 Å². The SMILES string of the molecule is O=C1C[C@@H](c2cccc3ccccc23)c2c(cc(O)c3c(=O)c(O)c(-c4ccc(O)c(O)c4)oc23)O1. The molecule has 0 aliphatic carbocycles. The summed E-state index contributed by atoms with van der Waals surface area (Å²) in [7, 11) is 0. The van der Waals surface area contributed by atoms with Gasteiger partial charge < -0.3 is 29.6 Å². The van der Waals surface area contributed by atoms with Gasteiger partial charge in [-0.25, -0.2) is 0 Å². The second-order valence-electron chi connectivity index (χ2n) is 8.62. The molecule has 4 aromatic carbocycles. The van der Waals surface area contributed by atoms with Crippen molar-refractivity contribution in [1.82, 2.24) is 0 Å². The Hall–Kier alpha value is -4.98. The van der Waals surface area contributed by atoms with E-state index in [1.54, 1.807) is 0 Å². The number of benzene rings is 4. The van der Waals surface area contributed by atoms with Crippen LogP contribution in [0.4, 0.5) is 0 Å². The molecule has 6 rings (SSSR count). The lowest BCUT2D eigenvalue weighted by Gasteiger charge is -2.27. The summed E-state index contributed by atoms with van der Waals surface area (Å²) in [6.07, 6.45) is -0.0409. The van der Waals surface area contributed by atoms with Crippen molar-refractivity contribution in [3.63, 3.8) is 0 Å². The predicted molar refractivity (Wildman–Crippen MR) is 131 cm³/mol. The summed E-state index contributed by atoms with van der Waals surface area (Å²) in [4.78, 5) is 25.8. The van der Waals surface area contributed by atoms with E-state index in [1.807, 2.05) is 42.5 Å². The van der Waals surface area contributed by atoms with Crippen molar-refractivity contribution in [3.8, 4) is 40.1 Å². The number of carbonyl (C=O) groups is 1. The molecular weight excluding hydrogens is 464 g/mol. The Morgan fingerprint density at radius 3 is 2.39 bits per heavy atom. The Bertz CT molecular complexity index is 1780. The standard InChI is InChI=1S/C28H18O8/c29-18-9-8-14(10-19(18)30)27-26(34)25(33)24-20(31)12-21-23(28(24)36-27)17(11-22(32)35-21)16-7-3-5-13-4-1-2-6-15(13)16/h1-10,12,17,29-31,34H,11H2/t17-/m0/s1. The number of rotatable bonds is 2. The van der Waals surface area contributed by atoms with E-state index in [2.05, 4.69) is 0 Å². The molecule has 0 bridgehead atoms. The number of hydrogen-bond acceptors (Lipinski definition) is 8. The van der Waals surface area contributed by atoms with Crippen molar-refractivity contribution in [2.24, 2.45) is 0 Å². The number of hydrogen-bond donors (Lipinski definition) is 4. The molecule has 0 amide bonds. The summed E-state index contributed by atoms with van der Waals surface area (Å²) < 4.78 is 11.5. The molecule has 0 unspecified atom stereocenters. The van der Waals surface area contributed by atoms with Gasteiger partial charge in [-0.3, -0.25) is 9.59 Å². The maximum absolute atomic E-state index is 13.2. The van der Waals surface area contributed by atoms with E-state index in [9.17, 15) is 30.0 Å². The molecule has 0 spiro atoms. The van der Waals surface area contributed by atoms with E-state index in [1.165, 1.54) is 18.2 Å². The Kier molecular flexibility index (Phi) is 4.65. The Morgan fingerprint density at radius 2 is 1.58 bits per heavy atom. The molecule has 36 heavy (non-hydrogen) atoms. The molecule has 1 aliphatic heterocycles. The predicted octanol–water partition coefficient (Wildman–Crippen LogP) is 4.88. The van der Waals surface area contributed by atoms with Crippen molar-refractivity contribution < 1.29 is 34.4 Å². The van der Waals surface area contributed by atoms with Gasteiger partial charge in [-0.2, -0.15) is 0 Å². The molecule has 1 aromatic heterocycles. The van der Waals surface area contributed by atoms with Gasteiger partial charge in [0, 0.05) is 23.1 Å². The van der Waals surface area contributed by atoms with Gasteiger partial charge in [0.2, 0.25) is 11.2 Å². The van der Waals surface area contributed by atoms with Crippen LogP contribution in [0.1, 0.15) is 23.5 Å². The highest BCUT2D eigenvalue weighted by molar-refractivity contribution is 5.96. The topological polar surface area (TPSA) is 137 Å². The summed E-state index contributed by atoms with van der Waals surface area (Å²) in [5.41, 5.74) is 0.347. The highest BCUT2D eigenvalue weighted by atomic mass is 16.5. The first-order valence-corrected chi connectivity index (χ1v) is 11.1. The number of phenolic OH excluding ortho intramolecular Hbond substituents is 3. The minimum absolute atomic E-state index is 0.0409. The molecular formula is C28H18O8. The van der Waals surface area contributed by atoms with Crippen LogP contribution in [0.2, 0.25) is 0 Å². The molecule has 178 valence electrons. The number of esters is 1. The van der Waals surface area contributed by atoms with Crippen molar-refractivity contribution in [2.45, 2.75) is 12.3 Å². The van der Waals surface area contributed by atoms with Crippen LogP contribution < -0.4 is 10.2 Å². The van der Waals surface area contributed by atoms with E-state index < -0.39 is 34.6 Å². The van der Waals surface area contributed by atoms with Crippen LogP contribution >= 0.6 is 0 Å². The molecule has 1 atom stereocenters. The van der Waals surface area contributed by atoms with Crippen LogP contribution in [-0.4, -0.2) is 26.4 Å². The van der Waals surface area contributed by atoms with Gasteiger partial charge >= 0.3 is 5.97 Å². The number of fused-ring (bicyclic) bond motifs is 4. The lowest BCUT2D eigenvalue weighted by atomic mass is 9.83. The minimum Gasteiger partial charge on any atom is -0.507 e. The summed E-state index contributed by atoms with van der Waals surface area (Å²) in [5, 5.41) is 42.5. The molecule has 5 aromatic rings. The van der Waals surface area contributed by atoms with E-state index >= 15 is 0 Å². The third kappa shape index (κ3) is 3.15. The Labute approximate surface area is 202 Å². The van der Waals surface area contributed by atoms with Crippen LogP contribution in [0.3, 0.4) is 0 Å². The zero-order valence-corrected chi connectivity index (χ0v) is 18.6. The fourth-order valence-electron chi connectivity index (χ4n) is 4.86. The number of ether oxygens (including phenoxy) is 1.